The molecule has 7 heteroatoms. The normalized spacial score (nSPS) is 11.1. The molecule has 0 aliphatic carbocycles. The van der Waals surface area contributed by atoms with Crippen LogP contribution in [0.5, 0.6) is 5.75 Å². The highest BCUT2D eigenvalue weighted by Gasteiger charge is 2.14. The van der Waals surface area contributed by atoms with Crippen LogP contribution in [-0.4, -0.2) is 17.7 Å². The monoisotopic (exact) mass is 310 g/mol. The van der Waals surface area contributed by atoms with E-state index in [0.29, 0.717) is 0 Å². The van der Waals surface area contributed by atoms with Gasteiger partial charge in [0, 0.05) is 11.6 Å². The molecule has 0 fully saturated rings. The highest BCUT2D eigenvalue weighted by molar-refractivity contribution is 9.10. The van der Waals surface area contributed by atoms with Gasteiger partial charge in [0.15, 0.2) is 0 Å². The molecule has 1 N–H and O–H groups in total. The van der Waals surface area contributed by atoms with Crippen molar-refractivity contribution in [3.05, 3.63) is 34.1 Å². The number of hydrogen-bond donors (Lipinski definition) is 1. The van der Waals surface area contributed by atoms with Gasteiger partial charge in [-0.3, -0.25) is 0 Å². The summed E-state index contributed by atoms with van der Waals surface area (Å²) >= 11 is 2.75. The summed E-state index contributed by atoms with van der Waals surface area (Å²) in [5, 5.41) is 8.36. The van der Waals surface area contributed by atoms with Gasteiger partial charge in [-0.05, 0) is 34.1 Å². The Morgan fingerprint density at radius 1 is 1.47 bits per heavy atom. The molecular weight excluding hydrogens is 305 g/mol. The molecule has 0 aromatic heterocycles. The molecule has 0 unspecified atom stereocenters. The van der Waals surface area contributed by atoms with Crippen molar-refractivity contribution in [2.24, 2.45) is 0 Å². The summed E-state index contributed by atoms with van der Waals surface area (Å²) in [6, 6.07) is 2.25. The van der Waals surface area contributed by atoms with Crippen molar-refractivity contribution in [1.29, 1.82) is 0 Å². The van der Waals surface area contributed by atoms with E-state index in [1.54, 1.807) is 0 Å². The Kier molecular flexibility index (Phi) is 4.56. The minimum Gasteiger partial charge on any atom is -0.478 e. The van der Waals surface area contributed by atoms with E-state index in [4.69, 9.17) is 5.11 Å². The number of rotatable bonds is 4. The minimum absolute atomic E-state index is 0.0547. The van der Waals surface area contributed by atoms with Crippen molar-refractivity contribution in [2.75, 3.05) is 0 Å². The Bertz CT molecular complexity index is 460. The maximum atomic E-state index is 13.5. The van der Waals surface area contributed by atoms with Crippen LogP contribution in [-0.2, 0) is 4.79 Å². The van der Waals surface area contributed by atoms with E-state index >= 15 is 0 Å². The molecule has 0 atom stereocenters. The van der Waals surface area contributed by atoms with Crippen molar-refractivity contribution in [2.45, 2.75) is 6.61 Å². The number of alkyl halides is 2. The average molecular weight is 311 g/mol. The first kappa shape index (κ1) is 13.6. The van der Waals surface area contributed by atoms with Gasteiger partial charge >= 0.3 is 12.6 Å². The first-order valence-electron chi connectivity index (χ1n) is 4.25. The van der Waals surface area contributed by atoms with Crippen molar-refractivity contribution < 1.29 is 27.8 Å². The molecule has 0 heterocycles. The first-order valence-corrected chi connectivity index (χ1v) is 5.05. The number of carboxylic acid groups (broad SMARTS) is 1. The molecule has 0 spiro atoms. The third-order valence-corrected chi connectivity index (χ3v) is 2.44. The number of aliphatic carboxylic acids is 1. The topological polar surface area (TPSA) is 46.5 Å². The van der Waals surface area contributed by atoms with Crippen LogP contribution in [0.2, 0.25) is 0 Å². The molecular formula is C10H6BrF3O3. The number of benzene rings is 1. The molecule has 0 aliphatic heterocycles. The van der Waals surface area contributed by atoms with Gasteiger partial charge in [-0.25, -0.2) is 9.18 Å². The highest BCUT2D eigenvalue weighted by Crippen LogP contribution is 2.31. The second-order valence-corrected chi connectivity index (χ2v) is 3.62. The molecule has 0 saturated heterocycles. The van der Waals surface area contributed by atoms with Crippen LogP contribution >= 0.6 is 15.9 Å². The first-order chi connectivity index (χ1) is 7.91. The van der Waals surface area contributed by atoms with E-state index in [9.17, 15) is 18.0 Å². The third kappa shape index (κ3) is 3.77. The van der Waals surface area contributed by atoms with Gasteiger partial charge in [-0.1, -0.05) is 0 Å². The minimum atomic E-state index is -3.06. The molecule has 92 valence electrons. The standard InChI is InChI=1S/C10H6BrF3O3/c11-8-6(17-10(13)14)3-1-5(9(8)12)2-4-7(15)16/h1-4,10H,(H,15,16)/b4-2+. The molecule has 0 bridgehead atoms. The molecule has 17 heavy (non-hydrogen) atoms. The molecule has 1 rings (SSSR count). The lowest BCUT2D eigenvalue weighted by molar-refractivity contribution is -0.131. The number of halogens is 4. The summed E-state index contributed by atoms with van der Waals surface area (Å²) in [6.07, 6.45) is 1.74. The number of carbonyl (C=O) groups is 1. The van der Waals surface area contributed by atoms with Crippen LogP contribution in [0.25, 0.3) is 6.08 Å². The Morgan fingerprint density at radius 3 is 2.65 bits per heavy atom. The molecule has 1 aromatic carbocycles. The van der Waals surface area contributed by atoms with Crippen LogP contribution in [0.1, 0.15) is 5.56 Å². The second-order valence-electron chi connectivity index (χ2n) is 2.83. The zero-order valence-electron chi connectivity index (χ0n) is 8.16. The van der Waals surface area contributed by atoms with Gasteiger partial charge in [0.2, 0.25) is 0 Å². The van der Waals surface area contributed by atoms with E-state index in [1.807, 2.05) is 0 Å². The van der Waals surface area contributed by atoms with Crippen LogP contribution < -0.4 is 4.74 Å². The molecule has 0 amide bonds. The summed E-state index contributed by atoms with van der Waals surface area (Å²) < 4.78 is 41.2. The number of hydrogen-bond acceptors (Lipinski definition) is 2. The van der Waals surface area contributed by atoms with Gasteiger partial charge in [0.05, 0.1) is 4.47 Å². The lowest BCUT2D eigenvalue weighted by atomic mass is 10.2. The van der Waals surface area contributed by atoms with E-state index in [2.05, 4.69) is 20.7 Å². The van der Waals surface area contributed by atoms with Gasteiger partial charge in [0.25, 0.3) is 0 Å². The van der Waals surface area contributed by atoms with Gasteiger partial charge in [-0.15, -0.1) is 0 Å². The van der Waals surface area contributed by atoms with E-state index in [-0.39, 0.29) is 15.8 Å². The van der Waals surface area contributed by atoms with Crippen molar-refractivity contribution in [3.63, 3.8) is 0 Å². The quantitative estimate of drug-likeness (QED) is 0.868. The fourth-order valence-electron chi connectivity index (χ4n) is 1.02. The fourth-order valence-corrected chi connectivity index (χ4v) is 1.48. The predicted octanol–water partition coefficient (Wildman–Crippen LogP) is 3.29. The smallest absolute Gasteiger partial charge is 0.387 e. The average Bonchev–Trinajstić information content (AvgIpc) is 2.23. The van der Waals surface area contributed by atoms with Crippen molar-refractivity contribution in [3.8, 4) is 5.75 Å². The summed E-state index contributed by atoms with van der Waals surface area (Å²) in [5.74, 6) is -2.47. The van der Waals surface area contributed by atoms with Gasteiger partial charge in [-0.2, -0.15) is 8.78 Å². The maximum absolute atomic E-state index is 13.5. The van der Waals surface area contributed by atoms with Crippen LogP contribution in [0, 0.1) is 5.82 Å². The Labute approximate surface area is 103 Å². The zero-order chi connectivity index (χ0) is 13.0. The van der Waals surface area contributed by atoms with E-state index in [1.165, 1.54) is 0 Å². The van der Waals surface area contributed by atoms with Crippen molar-refractivity contribution in [1.82, 2.24) is 0 Å². The lowest BCUT2D eigenvalue weighted by Gasteiger charge is -2.08. The fraction of sp³-hybridized carbons (Fsp3) is 0.100. The number of carboxylic acids is 1. The van der Waals surface area contributed by atoms with Crippen molar-refractivity contribution >= 4 is 28.0 Å². The van der Waals surface area contributed by atoms with E-state index in [0.717, 1.165) is 24.3 Å². The molecule has 3 nitrogen and oxygen atoms in total. The van der Waals surface area contributed by atoms with Crippen LogP contribution in [0.4, 0.5) is 13.2 Å². The Hall–Kier alpha value is -1.50. The molecule has 0 saturated carbocycles. The SMILES string of the molecule is O=C(O)/C=C/c1ccc(OC(F)F)c(Br)c1F. The zero-order valence-corrected chi connectivity index (χ0v) is 9.75. The van der Waals surface area contributed by atoms with Crippen LogP contribution in [0.15, 0.2) is 22.7 Å². The molecule has 1 aromatic rings. The van der Waals surface area contributed by atoms with E-state index < -0.39 is 18.4 Å². The Balaban J connectivity index is 3.06. The summed E-state index contributed by atoms with van der Waals surface area (Å²) in [4.78, 5) is 10.2. The van der Waals surface area contributed by atoms with Gasteiger partial charge in [0.1, 0.15) is 11.6 Å². The van der Waals surface area contributed by atoms with Gasteiger partial charge < -0.3 is 9.84 Å². The van der Waals surface area contributed by atoms with Crippen LogP contribution in [0.3, 0.4) is 0 Å². The number of ether oxygens (including phenoxy) is 1. The third-order valence-electron chi connectivity index (χ3n) is 1.70. The maximum Gasteiger partial charge on any atom is 0.387 e. The summed E-state index contributed by atoms with van der Waals surface area (Å²) in [7, 11) is 0. The summed E-state index contributed by atoms with van der Waals surface area (Å²) in [6.45, 7) is -3.06. The molecule has 0 radical (unpaired) electrons. The predicted molar refractivity (Wildman–Crippen MR) is 57.4 cm³/mol. The lowest BCUT2D eigenvalue weighted by Crippen LogP contribution is -2.03. The largest absolute Gasteiger partial charge is 0.478 e. The molecule has 0 aliphatic rings. The second kappa shape index (κ2) is 5.72. The highest BCUT2D eigenvalue weighted by atomic mass is 79.9. The summed E-state index contributed by atoms with van der Waals surface area (Å²) in [5.41, 5.74) is -0.0547. The Morgan fingerprint density at radius 2 is 2.12 bits per heavy atom.